The molecule has 21 heavy (non-hydrogen) atoms. The Labute approximate surface area is 126 Å². The smallest absolute Gasteiger partial charge is 0.345 e. The molecular formula is C14H16N2O4S. The third-order valence-electron chi connectivity index (χ3n) is 2.62. The summed E-state index contributed by atoms with van der Waals surface area (Å²) in [6.07, 6.45) is 4.60. The zero-order valence-corrected chi connectivity index (χ0v) is 12.8. The predicted octanol–water partition coefficient (Wildman–Crippen LogP) is 1.95. The van der Waals surface area contributed by atoms with Crippen LogP contribution in [0.25, 0.3) is 0 Å². The first-order chi connectivity index (χ1) is 9.73. The van der Waals surface area contributed by atoms with Crippen LogP contribution in [0.2, 0.25) is 0 Å². The third-order valence-corrected chi connectivity index (χ3v) is 3.64. The fourth-order valence-electron chi connectivity index (χ4n) is 1.79. The van der Waals surface area contributed by atoms with Crippen LogP contribution in [0.15, 0.2) is 22.5 Å². The zero-order valence-electron chi connectivity index (χ0n) is 12.0. The summed E-state index contributed by atoms with van der Waals surface area (Å²) in [5.41, 5.74) is -1.53. The average Bonchev–Trinajstić information content (AvgIpc) is 2.94. The molecule has 0 spiro atoms. The minimum absolute atomic E-state index is 0.186. The third kappa shape index (κ3) is 3.36. The van der Waals surface area contributed by atoms with Gasteiger partial charge in [-0.1, -0.05) is 0 Å². The highest BCUT2D eigenvalue weighted by Crippen LogP contribution is 2.35. The number of aromatic nitrogens is 1. The summed E-state index contributed by atoms with van der Waals surface area (Å²) in [4.78, 5) is 31.6. The first-order valence-electron chi connectivity index (χ1n) is 6.36. The molecule has 1 aromatic heterocycles. The molecule has 0 saturated heterocycles. The second-order valence-corrected chi connectivity index (χ2v) is 6.48. The molecule has 1 aliphatic heterocycles. The van der Waals surface area contributed by atoms with E-state index in [0.717, 1.165) is 0 Å². The zero-order chi connectivity index (χ0) is 15.7. The Morgan fingerprint density at radius 2 is 2.14 bits per heavy atom. The molecule has 1 unspecified atom stereocenters. The largest absolute Gasteiger partial charge is 0.481 e. The van der Waals surface area contributed by atoms with Crippen LogP contribution >= 0.6 is 11.3 Å². The van der Waals surface area contributed by atoms with Crippen molar-refractivity contribution in [3.05, 3.63) is 28.2 Å². The fourth-order valence-corrected chi connectivity index (χ4v) is 2.73. The van der Waals surface area contributed by atoms with Crippen LogP contribution in [0.4, 0.5) is 0 Å². The molecule has 2 heterocycles. The molecule has 0 radical (unpaired) electrons. The molecule has 0 fully saturated rings. The first kappa shape index (κ1) is 15.4. The van der Waals surface area contributed by atoms with Crippen molar-refractivity contribution < 1.29 is 19.4 Å². The van der Waals surface area contributed by atoms with Gasteiger partial charge in [0.2, 0.25) is 5.54 Å². The van der Waals surface area contributed by atoms with Gasteiger partial charge in [-0.05, 0) is 32.9 Å². The molecule has 1 aromatic rings. The number of ether oxygens (including phenoxy) is 1. The van der Waals surface area contributed by atoms with Gasteiger partial charge in [0, 0.05) is 11.6 Å². The summed E-state index contributed by atoms with van der Waals surface area (Å²) >= 11 is 1.20. The topological polar surface area (TPSA) is 88.8 Å². The summed E-state index contributed by atoms with van der Waals surface area (Å²) in [6.45, 7) is 5.33. The lowest BCUT2D eigenvalue weighted by Gasteiger charge is -2.26. The number of carbonyl (C=O) groups excluding carboxylic acids is 1. The van der Waals surface area contributed by atoms with Crippen molar-refractivity contribution in [2.75, 3.05) is 0 Å². The van der Waals surface area contributed by atoms with Gasteiger partial charge in [-0.3, -0.25) is 9.79 Å². The molecule has 0 aromatic carbocycles. The number of aliphatic carboxylic acids is 1. The Balaban J connectivity index is 2.33. The highest BCUT2D eigenvalue weighted by Gasteiger charge is 2.44. The lowest BCUT2D eigenvalue weighted by Crippen LogP contribution is -2.37. The van der Waals surface area contributed by atoms with Gasteiger partial charge >= 0.3 is 11.9 Å². The average molecular weight is 308 g/mol. The van der Waals surface area contributed by atoms with E-state index in [1.165, 1.54) is 17.6 Å². The number of carboxylic acid groups (broad SMARTS) is 1. The van der Waals surface area contributed by atoms with Gasteiger partial charge < -0.3 is 9.84 Å². The predicted molar refractivity (Wildman–Crippen MR) is 78.6 cm³/mol. The SMILES string of the molecule is CC(C)(C)OC(=O)C1(c2nc(CC(=O)O)cs2)C=CC=N1. The van der Waals surface area contributed by atoms with Crippen molar-refractivity contribution in [1.29, 1.82) is 0 Å². The number of hydrogen-bond donors (Lipinski definition) is 1. The minimum Gasteiger partial charge on any atom is -0.481 e. The minimum atomic E-state index is -1.30. The molecule has 0 amide bonds. The van der Waals surface area contributed by atoms with Gasteiger partial charge in [-0.15, -0.1) is 11.3 Å². The van der Waals surface area contributed by atoms with Crippen molar-refractivity contribution in [2.24, 2.45) is 4.99 Å². The number of aliphatic imine (C=N–C) groups is 1. The summed E-state index contributed by atoms with van der Waals surface area (Å²) < 4.78 is 5.42. The first-order valence-corrected chi connectivity index (χ1v) is 7.24. The van der Waals surface area contributed by atoms with E-state index in [0.29, 0.717) is 10.7 Å². The number of carbonyl (C=O) groups is 2. The second-order valence-electron chi connectivity index (χ2n) is 5.62. The number of esters is 1. The maximum Gasteiger partial charge on any atom is 0.345 e. The van der Waals surface area contributed by atoms with E-state index in [9.17, 15) is 9.59 Å². The summed E-state index contributed by atoms with van der Waals surface area (Å²) in [7, 11) is 0. The van der Waals surface area contributed by atoms with Crippen molar-refractivity contribution in [3.8, 4) is 0 Å². The van der Waals surface area contributed by atoms with Crippen molar-refractivity contribution >= 4 is 29.5 Å². The molecule has 7 heteroatoms. The Morgan fingerprint density at radius 3 is 2.67 bits per heavy atom. The normalized spacial score (nSPS) is 20.7. The summed E-state index contributed by atoms with van der Waals surface area (Å²) in [6, 6.07) is 0. The molecule has 1 aliphatic rings. The Bertz CT molecular complexity index is 613. The number of thiazole rings is 1. The standard InChI is InChI=1S/C14H16N2O4S/c1-13(2,3)20-12(19)14(5-4-6-15-14)11-16-9(8-21-11)7-10(17)18/h4-6,8H,7H2,1-3H3,(H,17,18). The van der Waals surface area contributed by atoms with E-state index in [4.69, 9.17) is 9.84 Å². The lowest BCUT2D eigenvalue weighted by atomic mass is 10.0. The highest BCUT2D eigenvalue weighted by atomic mass is 32.1. The molecule has 0 saturated carbocycles. The highest BCUT2D eigenvalue weighted by molar-refractivity contribution is 7.10. The molecule has 6 nitrogen and oxygen atoms in total. The van der Waals surface area contributed by atoms with Crippen molar-refractivity contribution in [3.63, 3.8) is 0 Å². The van der Waals surface area contributed by atoms with Crippen LogP contribution in [0.1, 0.15) is 31.5 Å². The van der Waals surface area contributed by atoms with E-state index in [1.807, 2.05) is 0 Å². The quantitative estimate of drug-likeness (QED) is 0.859. The van der Waals surface area contributed by atoms with Gasteiger partial charge in [-0.2, -0.15) is 0 Å². The Kier molecular flexibility index (Phi) is 3.95. The Hall–Kier alpha value is -2.02. The number of allylic oxidation sites excluding steroid dienone is 1. The molecule has 1 N–H and O–H groups in total. The fraction of sp³-hybridized carbons (Fsp3) is 0.429. The summed E-state index contributed by atoms with van der Waals surface area (Å²) in [5.74, 6) is -1.49. The van der Waals surface area contributed by atoms with E-state index in [1.54, 1.807) is 38.3 Å². The van der Waals surface area contributed by atoms with Gasteiger partial charge in [0.25, 0.3) is 0 Å². The Morgan fingerprint density at radius 1 is 1.43 bits per heavy atom. The van der Waals surface area contributed by atoms with Crippen LogP contribution in [0.5, 0.6) is 0 Å². The van der Waals surface area contributed by atoms with Gasteiger partial charge in [0.15, 0.2) is 0 Å². The van der Waals surface area contributed by atoms with Crippen LogP contribution in [-0.4, -0.2) is 33.8 Å². The molecule has 0 bridgehead atoms. The molecule has 0 aliphatic carbocycles. The maximum absolute atomic E-state index is 12.5. The molecular weight excluding hydrogens is 292 g/mol. The number of rotatable bonds is 4. The van der Waals surface area contributed by atoms with E-state index in [2.05, 4.69) is 9.98 Å². The molecule has 112 valence electrons. The lowest BCUT2D eigenvalue weighted by molar-refractivity contribution is -0.159. The van der Waals surface area contributed by atoms with E-state index >= 15 is 0 Å². The van der Waals surface area contributed by atoms with E-state index in [-0.39, 0.29) is 6.42 Å². The van der Waals surface area contributed by atoms with Gasteiger partial charge in [0.1, 0.15) is 10.6 Å². The monoisotopic (exact) mass is 308 g/mol. The van der Waals surface area contributed by atoms with Crippen LogP contribution in [0.3, 0.4) is 0 Å². The van der Waals surface area contributed by atoms with E-state index < -0.39 is 23.1 Å². The number of nitrogens with zero attached hydrogens (tertiary/aromatic N) is 2. The van der Waals surface area contributed by atoms with Crippen LogP contribution in [0, 0.1) is 0 Å². The molecule has 2 rings (SSSR count). The van der Waals surface area contributed by atoms with Crippen LogP contribution in [-0.2, 0) is 26.3 Å². The number of carboxylic acids is 1. The second kappa shape index (κ2) is 5.40. The van der Waals surface area contributed by atoms with Gasteiger partial charge in [-0.25, -0.2) is 9.78 Å². The van der Waals surface area contributed by atoms with Crippen molar-refractivity contribution in [1.82, 2.24) is 4.98 Å². The molecule has 1 atom stereocenters. The number of hydrogen-bond acceptors (Lipinski definition) is 6. The maximum atomic E-state index is 12.5. The van der Waals surface area contributed by atoms with Gasteiger partial charge in [0.05, 0.1) is 12.1 Å². The summed E-state index contributed by atoms with van der Waals surface area (Å²) in [5, 5.41) is 10.8. The van der Waals surface area contributed by atoms with Crippen LogP contribution < -0.4 is 0 Å². The van der Waals surface area contributed by atoms with Crippen molar-refractivity contribution in [2.45, 2.75) is 38.3 Å².